The molecule has 0 spiro atoms. The van der Waals surface area contributed by atoms with Gasteiger partial charge in [0, 0.05) is 15.4 Å². The van der Waals surface area contributed by atoms with Crippen molar-refractivity contribution in [1.82, 2.24) is 19.9 Å². The molecule has 0 fully saturated rings. The van der Waals surface area contributed by atoms with Crippen LogP contribution in [0, 0.1) is 5.82 Å². The van der Waals surface area contributed by atoms with Crippen molar-refractivity contribution in [2.45, 2.75) is 0 Å². The molecule has 0 aliphatic heterocycles. The summed E-state index contributed by atoms with van der Waals surface area (Å²) in [6.07, 6.45) is 0. The van der Waals surface area contributed by atoms with Gasteiger partial charge in [-0.3, -0.25) is 4.79 Å². The van der Waals surface area contributed by atoms with Crippen LogP contribution in [0.2, 0.25) is 0 Å². The third kappa shape index (κ3) is 3.21. The first kappa shape index (κ1) is 18.4. The highest BCUT2D eigenvalue weighted by molar-refractivity contribution is 9.10. The summed E-state index contributed by atoms with van der Waals surface area (Å²) >= 11 is 3.43. The van der Waals surface area contributed by atoms with Crippen molar-refractivity contribution in [2.24, 2.45) is 0 Å². The average molecular weight is 463 g/mol. The molecule has 0 aliphatic rings. The number of aromatic nitrogens is 4. The van der Waals surface area contributed by atoms with Crippen LogP contribution >= 0.6 is 15.9 Å². The van der Waals surface area contributed by atoms with Gasteiger partial charge in [0.05, 0.1) is 11.1 Å². The maximum absolute atomic E-state index is 13.3. The summed E-state index contributed by atoms with van der Waals surface area (Å²) < 4.78 is 20.9. The molecule has 0 saturated heterocycles. The number of hydrogen-bond acceptors (Lipinski definition) is 5. The van der Waals surface area contributed by atoms with Gasteiger partial charge in [0.1, 0.15) is 5.82 Å². The normalized spacial score (nSPS) is 11.1. The Bertz CT molecular complexity index is 1440. The molecule has 2 heterocycles. The first-order chi connectivity index (χ1) is 14.6. The van der Waals surface area contributed by atoms with E-state index in [-0.39, 0.29) is 11.4 Å². The maximum Gasteiger partial charge on any atom is 0.279 e. The van der Waals surface area contributed by atoms with Gasteiger partial charge in [0.15, 0.2) is 5.69 Å². The second kappa shape index (κ2) is 7.31. The zero-order valence-electron chi connectivity index (χ0n) is 15.3. The van der Waals surface area contributed by atoms with E-state index in [1.165, 1.54) is 28.9 Å². The van der Waals surface area contributed by atoms with E-state index in [2.05, 4.69) is 31.2 Å². The predicted octanol–water partition coefficient (Wildman–Crippen LogP) is 5.00. The van der Waals surface area contributed by atoms with Crippen molar-refractivity contribution < 1.29 is 8.91 Å². The third-order valence-electron chi connectivity index (χ3n) is 4.59. The maximum atomic E-state index is 13.3. The highest BCUT2D eigenvalue weighted by Gasteiger charge is 2.19. The first-order valence-electron chi connectivity index (χ1n) is 8.98. The van der Waals surface area contributed by atoms with E-state index < -0.39 is 5.82 Å². The van der Waals surface area contributed by atoms with E-state index in [0.717, 1.165) is 10.0 Å². The second-order valence-electron chi connectivity index (χ2n) is 6.52. The van der Waals surface area contributed by atoms with Crippen LogP contribution < -0.4 is 5.56 Å². The molecule has 0 N–H and O–H groups in total. The number of nitrogens with zero attached hydrogens (tertiary/aromatic N) is 4. The monoisotopic (exact) mass is 462 g/mol. The van der Waals surface area contributed by atoms with Crippen LogP contribution in [0.3, 0.4) is 0 Å². The molecule has 0 bridgehead atoms. The van der Waals surface area contributed by atoms with Gasteiger partial charge in [-0.05, 0) is 42.5 Å². The summed E-state index contributed by atoms with van der Waals surface area (Å²) in [5, 5.41) is 9.56. The van der Waals surface area contributed by atoms with Crippen molar-refractivity contribution in [3.8, 4) is 28.7 Å². The molecule has 30 heavy (non-hydrogen) atoms. The molecule has 0 aliphatic carbocycles. The van der Waals surface area contributed by atoms with Crippen molar-refractivity contribution in [2.75, 3.05) is 0 Å². The number of halogens is 2. The lowest BCUT2D eigenvalue weighted by atomic mass is 10.1. The fraction of sp³-hybridized carbons (Fsp3) is 0. The Hall–Kier alpha value is -3.65. The van der Waals surface area contributed by atoms with Crippen LogP contribution in [0.4, 0.5) is 4.39 Å². The Morgan fingerprint density at radius 1 is 0.933 bits per heavy atom. The molecule has 0 saturated carbocycles. The quantitative estimate of drug-likeness (QED) is 0.377. The predicted molar refractivity (Wildman–Crippen MR) is 114 cm³/mol. The minimum Gasteiger partial charge on any atom is -0.332 e. The Kier molecular flexibility index (Phi) is 4.48. The Balaban J connectivity index is 1.72. The Labute approximate surface area is 177 Å². The van der Waals surface area contributed by atoms with Crippen molar-refractivity contribution in [1.29, 1.82) is 0 Å². The zero-order chi connectivity index (χ0) is 20.7. The first-order valence-corrected chi connectivity index (χ1v) is 9.77. The summed E-state index contributed by atoms with van der Waals surface area (Å²) in [5.74, 6) is 0.178. The van der Waals surface area contributed by atoms with Gasteiger partial charge in [-0.1, -0.05) is 51.4 Å². The Morgan fingerprint density at radius 3 is 2.47 bits per heavy atom. The largest absolute Gasteiger partial charge is 0.332 e. The van der Waals surface area contributed by atoms with Crippen LogP contribution in [0.1, 0.15) is 0 Å². The van der Waals surface area contributed by atoms with Crippen LogP contribution in [0.25, 0.3) is 39.4 Å². The van der Waals surface area contributed by atoms with Gasteiger partial charge >= 0.3 is 0 Å². The molecule has 5 aromatic rings. The van der Waals surface area contributed by atoms with E-state index >= 15 is 0 Å². The number of rotatable bonds is 3. The van der Waals surface area contributed by atoms with Crippen LogP contribution in [0.15, 0.2) is 86.6 Å². The highest BCUT2D eigenvalue weighted by Crippen LogP contribution is 2.27. The lowest BCUT2D eigenvalue weighted by Crippen LogP contribution is -2.22. The SMILES string of the molecule is O=c1c2ccccc2c(-c2nc(-c3cccc(Br)c3)no2)nn1-c1ccc(F)cc1. The molecule has 2 aromatic heterocycles. The lowest BCUT2D eigenvalue weighted by molar-refractivity contribution is 0.430. The minimum atomic E-state index is -0.400. The van der Waals surface area contributed by atoms with E-state index in [9.17, 15) is 9.18 Å². The lowest BCUT2D eigenvalue weighted by Gasteiger charge is -2.09. The standard InChI is InChI=1S/C22H12BrFN4O2/c23-14-5-3-4-13(12-14)20-25-21(30-27-20)19-17-6-1-2-7-18(17)22(29)28(26-19)16-10-8-15(24)9-11-16/h1-12H. The number of benzene rings is 3. The number of fused-ring (bicyclic) bond motifs is 1. The molecule has 146 valence electrons. The van der Waals surface area contributed by atoms with Crippen molar-refractivity contribution in [3.05, 3.63) is 93.4 Å². The fourth-order valence-corrected chi connectivity index (χ4v) is 3.57. The van der Waals surface area contributed by atoms with E-state index in [1.54, 1.807) is 24.3 Å². The minimum absolute atomic E-state index is 0.178. The molecule has 8 heteroatoms. The van der Waals surface area contributed by atoms with Gasteiger partial charge < -0.3 is 4.52 Å². The molecule has 5 rings (SSSR count). The van der Waals surface area contributed by atoms with Crippen LogP contribution in [-0.4, -0.2) is 19.9 Å². The van der Waals surface area contributed by atoms with Crippen LogP contribution in [-0.2, 0) is 0 Å². The van der Waals surface area contributed by atoms with E-state index in [0.29, 0.717) is 28.0 Å². The second-order valence-corrected chi connectivity index (χ2v) is 7.44. The van der Waals surface area contributed by atoms with Crippen molar-refractivity contribution in [3.63, 3.8) is 0 Å². The number of hydrogen-bond donors (Lipinski definition) is 0. The molecule has 3 aromatic carbocycles. The van der Waals surface area contributed by atoms with E-state index in [1.807, 2.05) is 24.3 Å². The highest BCUT2D eigenvalue weighted by atomic mass is 79.9. The average Bonchev–Trinajstić information content (AvgIpc) is 3.25. The van der Waals surface area contributed by atoms with E-state index in [4.69, 9.17) is 4.52 Å². The smallest absolute Gasteiger partial charge is 0.279 e. The molecule has 0 atom stereocenters. The molecule has 0 radical (unpaired) electrons. The van der Waals surface area contributed by atoms with Crippen LogP contribution in [0.5, 0.6) is 0 Å². The Morgan fingerprint density at radius 2 is 1.70 bits per heavy atom. The molecule has 6 nitrogen and oxygen atoms in total. The zero-order valence-corrected chi connectivity index (χ0v) is 16.9. The summed E-state index contributed by atoms with van der Waals surface area (Å²) in [6, 6.07) is 20.1. The summed E-state index contributed by atoms with van der Waals surface area (Å²) in [5.41, 5.74) is 1.24. The summed E-state index contributed by atoms with van der Waals surface area (Å²) in [7, 11) is 0. The molecular formula is C22H12BrFN4O2. The van der Waals surface area contributed by atoms with Gasteiger partial charge in [-0.15, -0.1) is 0 Å². The molecule has 0 unspecified atom stereocenters. The summed E-state index contributed by atoms with van der Waals surface area (Å²) in [4.78, 5) is 17.5. The van der Waals surface area contributed by atoms with Gasteiger partial charge in [0.25, 0.3) is 11.4 Å². The third-order valence-corrected chi connectivity index (χ3v) is 5.08. The summed E-state index contributed by atoms with van der Waals surface area (Å²) in [6.45, 7) is 0. The molecule has 0 amide bonds. The fourth-order valence-electron chi connectivity index (χ4n) is 3.17. The topological polar surface area (TPSA) is 73.8 Å². The van der Waals surface area contributed by atoms with Crippen molar-refractivity contribution >= 4 is 26.7 Å². The molecular weight excluding hydrogens is 451 g/mol. The van der Waals surface area contributed by atoms with Gasteiger partial charge in [-0.2, -0.15) is 14.8 Å². The van der Waals surface area contributed by atoms with Gasteiger partial charge in [-0.25, -0.2) is 4.39 Å². The van der Waals surface area contributed by atoms with Gasteiger partial charge in [0.2, 0.25) is 5.82 Å².